The van der Waals surface area contributed by atoms with E-state index in [-0.39, 0.29) is 42.2 Å². The summed E-state index contributed by atoms with van der Waals surface area (Å²) in [4.78, 5) is 14.6. The second-order valence-corrected chi connectivity index (χ2v) is 6.95. The molecule has 1 aromatic rings. The number of carbonyl (C=O) groups excluding carboxylic acids is 1. The Morgan fingerprint density at radius 1 is 1.21 bits per heavy atom. The van der Waals surface area contributed by atoms with Crippen LogP contribution in [0, 0.1) is 5.41 Å². The molecule has 1 aliphatic rings. The Hall–Kier alpha value is -0.970. The van der Waals surface area contributed by atoms with E-state index in [9.17, 15) is 4.79 Å². The molecule has 1 saturated heterocycles. The van der Waals surface area contributed by atoms with Crippen LogP contribution in [0.25, 0.3) is 0 Å². The average Bonchev–Trinajstić information content (AvgIpc) is 2.48. The van der Waals surface area contributed by atoms with Crippen molar-refractivity contribution in [2.45, 2.75) is 39.2 Å². The van der Waals surface area contributed by atoms with E-state index in [1.807, 2.05) is 14.1 Å². The molecule has 0 bridgehead atoms. The van der Waals surface area contributed by atoms with Gasteiger partial charge in [-0.15, -0.1) is 24.8 Å². The number of hydrogen-bond donors (Lipinski definition) is 2. The van der Waals surface area contributed by atoms with Gasteiger partial charge in [-0.2, -0.15) is 0 Å². The second-order valence-electron chi connectivity index (χ2n) is 6.95. The average molecular weight is 376 g/mol. The summed E-state index contributed by atoms with van der Waals surface area (Å²) in [6, 6.07) is 8.69. The van der Waals surface area contributed by atoms with Gasteiger partial charge in [-0.1, -0.05) is 19.1 Å². The maximum Gasteiger partial charge on any atom is 0.226 e. The quantitative estimate of drug-likeness (QED) is 0.830. The molecule has 2 N–H and O–H groups in total. The largest absolute Gasteiger partial charge is 0.378 e. The van der Waals surface area contributed by atoms with Gasteiger partial charge in [-0.3, -0.25) is 4.79 Å². The highest BCUT2D eigenvalue weighted by Crippen LogP contribution is 2.28. The maximum absolute atomic E-state index is 12.5. The van der Waals surface area contributed by atoms with Gasteiger partial charge >= 0.3 is 0 Å². The Morgan fingerprint density at radius 3 is 2.25 bits per heavy atom. The van der Waals surface area contributed by atoms with Crippen molar-refractivity contribution in [1.29, 1.82) is 0 Å². The van der Waals surface area contributed by atoms with Crippen LogP contribution in [0.5, 0.6) is 0 Å². The van der Waals surface area contributed by atoms with Gasteiger partial charge in [0.25, 0.3) is 0 Å². The number of halogens is 2. The van der Waals surface area contributed by atoms with E-state index < -0.39 is 0 Å². The number of piperidine rings is 1. The summed E-state index contributed by atoms with van der Waals surface area (Å²) in [5.74, 6) is 0.200. The van der Waals surface area contributed by atoms with Gasteiger partial charge in [0, 0.05) is 31.2 Å². The van der Waals surface area contributed by atoms with Crippen molar-refractivity contribution in [2.75, 3.05) is 32.1 Å². The highest BCUT2D eigenvalue weighted by atomic mass is 35.5. The van der Waals surface area contributed by atoms with Crippen LogP contribution in [0.1, 0.15) is 32.3 Å². The predicted octanol–water partition coefficient (Wildman–Crippen LogP) is 3.03. The van der Waals surface area contributed by atoms with Crippen molar-refractivity contribution >= 4 is 36.4 Å². The van der Waals surface area contributed by atoms with E-state index in [2.05, 4.69) is 53.6 Å². The highest BCUT2D eigenvalue weighted by Gasteiger charge is 2.34. The summed E-state index contributed by atoms with van der Waals surface area (Å²) < 4.78 is 0. The molecular formula is C18H31Cl2N3O. The molecule has 6 heteroatoms. The van der Waals surface area contributed by atoms with E-state index in [1.54, 1.807) is 0 Å². The topological polar surface area (TPSA) is 44.4 Å². The Morgan fingerprint density at radius 2 is 1.75 bits per heavy atom. The minimum atomic E-state index is -0.214. The molecule has 0 aliphatic carbocycles. The Kier molecular flexibility index (Phi) is 9.71. The molecule has 0 radical (unpaired) electrons. The molecule has 0 saturated carbocycles. The molecule has 0 aromatic heterocycles. The van der Waals surface area contributed by atoms with Gasteiger partial charge in [-0.05, 0) is 57.0 Å². The Bertz CT molecular complexity index is 499. The number of carbonyl (C=O) groups is 1. The summed E-state index contributed by atoms with van der Waals surface area (Å²) in [6.07, 6.45) is 2.71. The van der Waals surface area contributed by atoms with Crippen LogP contribution in [0.15, 0.2) is 24.3 Å². The predicted molar refractivity (Wildman–Crippen MR) is 107 cm³/mol. The lowest BCUT2D eigenvalue weighted by molar-refractivity contribution is -0.132. The molecule has 24 heavy (non-hydrogen) atoms. The fourth-order valence-corrected chi connectivity index (χ4v) is 2.94. The number of nitrogens with one attached hydrogen (secondary N) is 2. The van der Waals surface area contributed by atoms with Crippen molar-refractivity contribution in [2.24, 2.45) is 5.41 Å². The zero-order valence-corrected chi connectivity index (χ0v) is 16.7. The van der Waals surface area contributed by atoms with E-state index in [1.165, 1.54) is 11.3 Å². The molecular weight excluding hydrogens is 345 g/mol. The number of anilines is 1. The number of rotatable bonds is 5. The van der Waals surface area contributed by atoms with Crippen LogP contribution >= 0.6 is 24.8 Å². The monoisotopic (exact) mass is 375 g/mol. The molecule has 4 nitrogen and oxygen atoms in total. The zero-order valence-electron chi connectivity index (χ0n) is 15.1. The first-order chi connectivity index (χ1) is 10.4. The normalized spacial score (nSPS) is 17.0. The molecule has 0 spiro atoms. The van der Waals surface area contributed by atoms with Gasteiger partial charge in [0.1, 0.15) is 0 Å². The summed E-state index contributed by atoms with van der Waals surface area (Å²) >= 11 is 0. The van der Waals surface area contributed by atoms with E-state index in [0.717, 1.165) is 32.4 Å². The van der Waals surface area contributed by atoms with Gasteiger partial charge in [0.15, 0.2) is 0 Å². The van der Waals surface area contributed by atoms with Crippen LogP contribution in [-0.2, 0) is 11.2 Å². The number of amides is 1. The molecule has 1 aromatic carbocycles. The van der Waals surface area contributed by atoms with Crippen molar-refractivity contribution < 1.29 is 4.79 Å². The smallest absolute Gasteiger partial charge is 0.226 e. The molecule has 138 valence electrons. The summed E-state index contributed by atoms with van der Waals surface area (Å²) in [7, 11) is 4.08. The van der Waals surface area contributed by atoms with Gasteiger partial charge < -0.3 is 15.5 Å². The first-order valence-electron chi connectivity index (χ1n) is 8.19. The van der Waals surface area contributed by atoms with Gasteiger partial charge in [-0.25, -0.2) is 0 Å². The molecule has 1 atom stereocenters. The van der Waals surface area contributed by atoms with Crippen molar-refractivity contribution in [1.82, 2.24) is 10.6 Å². The molecule has 1 amide bonds. The zero-order chi connectivity index (χ0) is 16.2. The summed E-state index contributed by atoms with van der Waals surface area (Å²) in [5.41, 5.74) is 2.24. The first-order valence-corrected chi connectivity index (χ1v) is 8.19. The van der Waals surface area contributed by atoms with Crippen molar-refractivity contribution in [3.05, 3.63) is 29.8 Å². The van der Waals surface area contributed by atoms with Crippen molar-refractivity contribution in [3.63, 3.8) is 0 Å². The summed E-state index contributed by atoms with van der Waals surface area (Å²) in [6.45, 7) is 6.04. The lowest BCUT2D eigenvalue weighted by atomic mass is 9.80. The maximum atomic E-state index is 12.5. The van der Waals surface area contributed by atoms with Gasteiger partial charge in [0.05, 0.1) is 0 Å². The van der Waals surface area contributed by atoms with E-state index in [0.29, 0.717) is 0 Å². The van der Waals surface area contributed by atoms with Gasteiger partial charge in [0.2, 0.25) is 5.91 Å². The summed E-state index contributed by atoms with van der Waals surface area (Å²) in [5, 5.41) is 6.52. The molecule has 1 aliphatic heterocycles. The Balaban J connectivity index is 0.00000264. The van der Waals surface area contributed by atoms with Crippen LogP contribution in [-0.4, -0.2) is 39.1 Å². The third kappa shape index (κ3) is 6.15. The minimum Gasteiger partial charge on any atom is -0.378 e. The van der Waals surface area contributed by atoms with Crippen LogP contribution in [0.3, 0.4) is 0 Å². The minimum absolute atomic E-state index is 0. The van der Waals surface area contributed by atoms with Crippen molar-refractivity contribution in [3.8, 4) is 0 Å². The SMILES string of the molecule is CC(Cc1ccc(N(C)C)cc1)NC(=O)C1(C)CCNCC1.Cl.Cl. The van der Waals surface area contributed by atoms with E-state index >= 15 is 0 Å². The fraction of sp³-hybridized carbons (Fsp3) is 0.611. The number of hydrogen-bond acceptors (Lipinski definition) is 3. The number of nitrogens with zero attached hydrogens (tertiary/aromatic N) is 1. The number of benzene rings is 1. The molecule has 1 fully saturated rings. The highest BCUT2D eigenvalue weighted by molar-refractivity contribution is 5.85. The lowest BCUT2D eigenvalue weighted by Gasteiger charge is -2.33. The molecule has 2 rings (SSSR count). The third-order valence-corrected chi connectivity index (χ3v) is 4.63. The Labute approximate surface area is 158 Å². The molecule has 1 unspecified atom stereocenters. The van der Waals surface area contributed by atoms with Crippen LogP contribution in [0.4, 0.5) is 5.69 Å². The molecule has 1 heterocycles. The van der Waals surface area contributed by atoms with Crippen LogP contribution in [0.2, 0.25) is 0 Å². The van der Waals surface area contributed by atoms with E-state index in [4.69, 9.17) is 0 Å². The second kappa shape index (κ2) is 10.1. The van der Waals surface area contributed by atoms with Crippen LogP contribution < -0.4 is 15.5 Å². The third-order valence-electron chi connectivity index (χ3n) is 4.63. The first kappa shape index (κ1) is 23.0. The fourth-order valence-electron chi connectivity index (χ4n) is 2.94. The lowest BCUT2D eigenvalue weighted by Crippen LogP contribution is -2.48. The standard InChI is InChI=1S/C18H29N3O.2ClH/c1-14(13-15-5-7-16(8-6-15)21(3)4)20-17(22)18(2)9-11-19-12-10-18;;/h5-8,14,19H,9-13H2,1-4H3,(H,20,22);2*1H.